The second-order valence-corrected chi connectivity index (χ2v) is 8.79. The number of amides is 1. The summed E-state index contributed by atoms with van der Waals surface area (Å²) in [6, 6.07) is 5.68. The van der Waals surface area contributed by atoms with Crippen molar-refractivity contribution in [3.63, 3.8) is 0 Å². The molecule has 1 N–H and O–H groups in total. The van der Waals surface area contributed by atoms with Crippen LogP contribution in [0.5, 0.6) is 0 Å². The van der Waals surface area contributed by atoms with E-state index in [4.69, 9.17) is 0 Å². The first-order valence-electron chi connectivity index (χ1n) is 11.5. The summed E-state index contributed by atoms with van der Waals surface area (Å²) in [7, 11) is 0. The average molecular weight is 451 g/mol. The number of nitrogens with zero attached hydrogens (tertiary/aromatic N) is 5. The van der Waals surface area contributed by atoms with Crippen molar-refractivity contribution in [2.75, 3.05) is 26.2 Å². The zero-order valence-corrected chi connectivity index (χ0v) is 19.4. The second-order valence-electron chi connectivity index (χ2n) is 8.79. The van der Waals surface area contributed by atoms with Crippen LogP contribution in [0.3, 0.4) is 0 Å². The highest BCUT2D eigenvalue weighted by molar-refractivity contribution is 6.05. The van der Waals surface area contributed by atoms with Gasteiger partial charge in [-0.15, -0.1) is 0 Å². The number of fused-ring (bicyclic) bond motifs is 1. The van der Waals surface area contributed by atoms with Crippen LogP contribution >= 0.6 is 0 Å². The van der Waals surface area contributed by atoms with Crippen molar-refractivity contribution in [3.05, 3.63) is 68.3 Å². The number of pyridine rings is 2. The zero-order valence-electron chi connectivity index (χ0n) is 19.4. The van der Waals surface area contributed by atoms with E-state index in [1.807, 2.05) is 39.1 Å². The largest absolute Gasteiger partial charge is 0.336 e. The molecule has 9 nitrogen and oxygen atoms in total. The van der Waals surface area contributed by atoms with Crippen LogP contribution in [-0.2, 0) is 13.1 Å². The molecule has 0 spiro atoms. The summed E-state index contributed by atoms with van der Waals surface area (Å²) in [5.74, 6) is -0.153. The molecule has 0 radical (unpaired) electrons. The van der Waals surface area contributed by atoms with Gasteiger partial charge in [0.15, 0.2) is 5.65 Å². The molecule has 0 saturated carbocycles. The lowest BCUT2D eigenvalue weighted by molar-refractivity contribution is 0.0630. The monoisotopic (exact) mass is 450 g/mol. The molecule has 174 valence electrons. The third-order valence-electron chi connectivity index (χ3n) is 6.03. The van der Waals surface area contributed by atoms with E-state index in [-0.39, 0.29) is 22.9 Å². The Morgan fingerprint density at radius 1 is 1.18 bits per heavy atom. The van der Waals surface area contributed by atoms with Crippen LogP contribution in [0.15, 0.2) is 40.2 Å². The smallest absolute Gasteiger partial charge is 0.329 e. The molecule has 0 atom stereocenters. The minimum absolute atomic E-state index is 0.0433. The van der Waals surface area contributed by atoms with E-state index in [2.05, 4.69) is 19.9 Å². The van der Waals surface area contributed by atoms with Crippen molar-refractivity contribution in [2.24, 2.45) is 0 Å². The van der Waals surface area contributed by atoms with E-state index in [1.165, 1.54) is 4.57 Å². The number of hydrogen-bond donors (Lipinski definition) is 1. The highest BCUT2D eigenvalue weighted by Crippen LogP contribution is 2.22. The second kappa shape index (κ2) is 9.66. The Labute approximate surface area is 192 Å². The van der Waals surface area contributed by atoms with Crippen LogP contribution in [0.25, 0.3) is 11.0 Å². The van der Waals surface area contributed by atoms with Crippen molar-refractivity contribution in [1.29, 1.82) is 0 Å². The first kappa shape index (κ1) is 22.8. The van der Waals surface area contributed by atoms with Gasteiger partial charge >= 0.3 is 5.69 Å². The van der Waals surface area contributed by atoms with Gasteiger partial charge in [-0.1, -0.05) is 26.8 Å². The lowest BCUT2D eigenvalue weighted by atomic mass is 10.0. The molecule has 3 aromatic heterocycles. The molecule has 0 unspecified atom stereocenters. The standard InChI is InChI=1S/C24H30N6O3/c1-4-8-30-21-20(22(31)27-24(30)33)18(13-19(26-21)16(2)3)23(32)29-11-9-28(10-12-29)15-17-6-5-7-25-14-17/h5-7,13-14,16H,4,8-12,15H2,1-3H3,(H,27,31,33). The van der Waals surface area contributed by atoms with Crippen LogP contribution in [0.2, 0.25) is 0 Å². The molecule has 4 heterocycles. The SMILES string of the molecule is CCCn1c(=O)[nH]c(=O)c2c(C(=O)N3CCN(Cc4cccnc4)CC3)cc(C(C)C)nc21. The number of H-pyrrole nitrogens is 1. The number of aryl methyl sites for hydroxylation is 1. The van der Waals surface area contributed by atoms with Gasteiger partial charge in [0.2, 0.25) is 0 Å². The Balaban J connectivity index is 1.66. The first-order chi connectivity index (χ1) is 15.9. The summed E-state index contributed by atoms with van der Waals surface area (Å²) in [5.41, 5.74) is 1.37. The molecule has 9 heteroatoms. The van der Waals surface area contributed by atoms with Crippen molar-refractivity contribution < 1.29 is 4.79 Å². The summed E-state index contributed by atoms with van der Waals surface area (Å²) in [6.45, 7) is 9.71. The predicted molar refractivity (Wildman–Crippen MR) is 126 cm³/mol. The maximum absolute atomic E-state index is 13.6. The molecule has 1 aliphatic rings. The molecule has 33 heavy (non-hydrogen) atoms. The van der Waals surface area contributed by atoms with Crippen molar-refractivity contribution in [3.8, 4) is 0 Å². The normalized spacial score (nSPS) is 14.8. The first-order valence-corrected chi connectivity index (χ1v) is 11.5. The molecular weight excluding hydrogens is 420 g/mol. The van der Waals surface area contributed by atoms with Crippen LogP contribution in [0, 0.1) is 0 Å². The van der Waals surface area contributed by atoms with Crippen LogP contribution < -0.4 is 11.2 Å². The van der Waals surface area contributed by atoms with E-state index >= 15 is 0 Å². The molecule has 0 bridgehead atoms. The van der Waals surface area contributed by atoms with E-state index < -0.39 is 11.2 Å². The molecule has 0 aromatic carbocycles. The Hall–Kier alpha value is -3.33. The number of rotatable bonds is 6. The third-order valence-corrected chi connectivity index (χ3v) is 6.03. The van der Waals surface area contributed by atoms with Crippen molar-refractivity contribution in [1.82, 2.24) is 29.3 Å². The highest BCUT2D eigenvalue weighted by Gasteiger charge is 2.26. The fourth-order valence-electron chi connectivity index (χ4n) is 4.22. The Bertz CT molecular complexity index is 1260. The van der Waals surface area contributed by atoms with Gasteiger partial charge in [0.05, 0.1) is 10.9 Å². The van der Waals surface area contributed by atoms with E-state index in [0.29, 0.717) is 37.3 Å². The quantitative estimate of drug-likeness (QED) is 0.616. The summed E-state index contributed by atoms with van der Waals surface area (Å²) < 4.78 is 1.46. The summed E-state index contributed by atoms with van der Waals surface area (Å²) >= 11 is 0. The lowest BCUT2D eigenvalue weighted by Crippen LogP contribution is -2.48. The Morgan fingerprint density at radius 3 is 2.58 bits per heavy atom. The number of aromatic amines is 1. The predicted octanol–water partition coefficient (Wildman–Crippen LogP) is 1.97. The number of aromatic nitrogens is 4. The van der Waals surface area contributed by atoms with E-state index in [1.54, 1.807) is 17.2 Å². The van der Waals surface area contributed by atoms with Gasteiger partial charge in [-0.2, -0.15) is 0 Å². The maximum atomic E-state index is 13.6. The zero-order chi connectivity index (χ0) is 23.5. The topological polar surface area (TPSA) is 104 Å². The summed E-state index contributed by atoms with van der Waals surface area (Å²) in [4.78, 5) is 54.1. The lowest BCUT2D eigenvalue weighted by Gasteiger charge is -2.35. The molecule has 4 rings (SSSR count). The number of piperazine rings is 1. The van der Waals surface area contributed by atoms with Gasteiger partial charge in [-0.05, 0) is 30.0 Å². The highest BCUT2D eigenvalue weighted by atomic mass is 16.2. The fraction of sp³-hybridized carbons (Fsp3) is 0.458. The number of nitrogens with one attached hydrogen (secondary N) is 1. The van der Waals surface area contributed by atoms with Gasteiger partial charge in [-0.3, -0.25) is 29.0 Å². The van der Waals surface area contributed by atoms with Crippen LogP contribution in [-0.4, -0.2) is 61.4 Å². The molecule has 0 aliphatic carbocycles. The summed E-state index contributed by atoms with van der Waals surface area (Å²) in [5, 5.41) is 0.190. The Kier molecular flexibility index (Phi) is 6.69. The molecule has 1 fully saturated rings. The van der Waals surface area contributed by atoms with Gasteiger partial charge < -0.3 is 4.90 Å². The van der Waals surface area contributed by atoms with Gasteiger partial charge in [0, 0.05) is 57.4 Å². The fourth-order valence-corrected chi connectivity index (χ4v) is 4.22. The molecular formula is C24H30N6O3. The third kappa shape index (κ3) is 4.73. The van der Waals surface area contributed by atoms with E-state index in [9.17, 15) is 14.4 Å². The van der Waals surface area contributed by atoms with Crippen LogP contribution in [0.1, 0.15) is 54.7 Å². The molecule has 1 amide bonds. The van der Waals surface area contributed by atoms with Crippen molar-refractivity contribution >= 4 is 16.9 Å². The average Bonchev–Trinajstić information content (AvgIpc) is 2.81. The number of carbonyl (C=O) groups excluding carboxylic acids is 1. The molecule has 1 aliphatic heterocycles. The summed E-state index contributed by atoms with van der Waals surface area (Å²) in [6.07, 6.45) is 4.32. The van der Waals surface area contributed by atoms with Crippen molar-refractivity contribution in [2.45, 2.75) is 46.2 Å². The minimum atomic E-state index is -0.566. The van der Waals surface area contributed by atoms with Gasteiger partial charge in [-0.25, -0.2) is 9.78 Å². The Morgan fingerprint density at radius 2 is 1.94 bits per heavy atom. The molecule has 3 aromatic rings. The minimum Gasteiger partial charge on any atom is -0.336 e. The maximum Gasteiger partial charge on any atom is 0.329 e. The number of carbonyl (C=O) groups is 1. The van der Waals surface area contributed by atoms with Gasteiger partial charge in [0.1, 0.15) is 0 Å². The van der Waals surface area contributed by atoms with Gasteiger partial charge in [0.25, 0.3) is 11.5 Å². The molecule has 1 saturated heterocycles. The van der Waals surface area contributed by atoms with Crippen LogP contribution in [0.4, 0.5) is 0 Å². The van der Waals surface area contributed by atoms with E-state index in [0.717, 1.165) is 25.2 Å². The number of hydrogen-bond acceptors (Lipinski definition) is 6.